The fraction of sp³-hybridized carbons (Fsp3) is 0.111. The highest BCUT2D eigenvalue weighted by atomic mass is 16.6. The standard InChI is InChI=1S/C18H11N3O2/c22-21(23)18-12-6-5-10-9-11-3-1-7-19-16(11)15(14(10)12)17-13(18)4-2-8-20-17/h1-4,7-9H,5-6H2. The van der Waals surface area contributed by atoms with Crippen molar-refractivity contribution >= 4 is 38.3 Å². The zero-order chi connectivity index (χ0) is 15.6. The van der Waals surface area contributed by atoms with Crippen LogP contribution in [0.3, 0.4) is 0 Å². The van der Waals surface area contributed by atoms with Crippen LogP contribution in [-0.2, 0) is 12.8 Å². The summed E-state index contributed by atoms with van der Waals surface area (Å²) in [5.74, 6) is 0. The summed E-state index contributed by atoms with van der Waals surface area (Å²) >= 11 is 0. The maximum atomic E-state index is 11.7. The molecule has 2 aromatic heterocycles. The van der Waals surface area contributed by atoms with E-state index in [2.05, 4.69) is 16.0 Å². The molecule has 1 aliphatic carbocycles. The van der Waals surface area contributed by atoms with Crippen LogP contribution in [0.4, 0.5) is 5.69 Å². The predicted molar refractivity (Wildman–Crippen MR) is 88.6 cm³/mol. The van der Waals surface area contributed by atoms with Gasteiger partial charge in [-0.25, -0.2) is 0 Å². The van der Waals surface area contributed by atoms with Crippen molar-refractivity contribution in [2.24, 2.45) is 0 Å². The molecule has 5 nitrogen and oxygen atoms in total. The van der Waals surface area contributed by atoms with Crippen LogP contribution in [0.5, 0.6) is 0 Å². The van der Waals surface area contributed by atoms with Gasteiger partial charge in [-0.2, -0.15) is 0 Å². The van der Waals surface area contributed by atoms with Crippen LogP contribution in [0, 0.1) is 10.1 Å². The molecule has 4 aromatic rings. The average molecular weight is 301 g/mol. The van der Waals surface area contributed by atoms with E-state index in [9.17, 15) is 10.1 Å². The quantitative estimate of drug-likeness (QED) is 0.303. The van der Waals surface area contributed by atoms with Gasteiger partial charge in [-0.3, -0.25) is 20.1 Å². The first-order chi connectivity index (χ1) is 11.3. The lowest BCUT2D eigenvalue weighted by Crippen LogP contribution is -1.97. The molecule has 2 aromatic carbocycles. The van der Waals surface area contributed by atoms with Crippen LogP contribution >= 0.6 is 0 Å². The van der Waals surface area contributed by atoms with Crippen LogP contribution in [-0.4, -0.2) is 14.9 Å². The topological polar surface area (TPSA) is 68.9 Å². The molecule has 5 rings (SSSR count). The number of hydrogen-bond acceptors (Lipinski definition) is 4. The van der Waals surface area contributed by atoms with Crippen LogP contribution < -0.4 is 0 Å². The molecule has 0 fully saturated rings. The Bertz CT molecular complexity index is 1150. The molecule has 110 valence electrons. The molecular weight excluding hydrogens is 290 g/mol. The molecule has 0 radical (unpaired) electrons. The van der Waals surface area contributed by atoms with Gasteiger partial charge in [0.05, 0.1) is 21.3 Å². The number of benzene rings is 2. The normalized spacial score (nSPS) is 13.2. The molecule has 2 heterocycles. The molecule has 0 unspecified atom stereocenters. The Morgan fingerprint density at radius 2 is 1.78 bits per heavy atom. The van der Waals surface area contributed by atoms with Crippen LogP contribution in [0.2, 0.25) is 0 Å². The van der Waals surface area contributed by atoms with Crippen molar-refractivity contribution in [3.8, 4) is 0 Å². The summed E-state index contributed by atoms with van der Waals surface area (Å²) in [5, 5.41) is 15.3. The first-order valence-corrected chi connectivity index (χ1v) is 7.50. The van der Waals surface area contributed by atoms with Crippen molar-refractivity contribution in [3.05, 3.63) is 64.0 Å². The van der Waals surface area contributed by atoms with E-state index >= 15 is 0 Å². The zero-order valence-corrected chi connectivity index (χ0v) is 12.1. The van der Waals surface area contributed by atoms with Crippen LogP contribution in [0.25, 0.3) is 32.6 Å². The van der Waals surface area contributed by atoms with Crippen molar-refractivity contribution in [1.82, 2.24) is 9.97 Å². The summed E-state index contributed by atoms with van der Waals surface area (Å²) in [6, 6.07) is 9.60. The number of fused-ring (bicyclic) bond motifs is 4. The smallest absolute Gasteiger partial charge is 0.258 e. The van der Waals surface area contributed by atoms with E-state index in [4.69, 9.17) is 0 Å². The molecule has 0 N–H and O–H groups in total. The van der Waals surface area contributed by atoms with Crippen molar-refractivity contribution in [2.75, 3.05) is 0 Å². The zero-order valence-electron chi connectivity index (χ0n) is 12.1. The third kappa shape index (κ3) is 1.51. The van der Waals surface area contributed by atoms with Gasteiger partial charge < -0.3 is 0 Å². The van der Waals surface area contributed by atoms with Crippen molar-refractivity contribution in [1.29, 1.82) is 0 Å². The highest BCUT2D eigenvalue weighted by Gasteiger charge is 2.29. The molecule has 0 atom stereocenters. The summed E-state index contributed by atoms with van der Waals surface area (Å²) in [5.41, 5.74) is 3.73. The van der Waals surface area contributed by atoms with E-state index in [1.807, 2.05) is 12.1 Å². The van der Waals surface area contributed by atoms with E-state index in [-0.39, 0.29) is 10.6 Å². The Hall–Kier alpha value is -3.08. The highest BCUT2D eigenvalue weighted by Crippen LogP contribution is 2.44. The molecule has 0 bridgehead atoms. The number of nitrogens with zero attached hydrogens (tertiary/aromatic N) is 3. The third-order valence-corrected chi connectivity index (χ3v) is 4.69. The number of nitro benzene ring substituents is 1. The van der Waals surface area contributed by atoms with Gasteiger partial charge in [-0.15, -0.1) is 0 Å². The second-order valence-corrected chi connectivity index (χ2v) is 5.84. The van der Waals surface area contributed by atoms with Gasteiger partial charge >= 0.3 is 0 Å². The number of aromatic nitrogens is 2. The first kappa shape index (κ1) is 12.5. The van der Waals surface area contributed by atoms with E-state index in [1.54, 1.807) is 24.5 Å². The molecule has 1 aliphatic rings. The average Bonchev–Trinajstić information content (AvgIpc) is 2.98. The molecule has 0 saturated carbocycles. The largest absolute Gasteiger partial charge is 0.282 e. The fourth-order valence-corrected chi connectivity index (χ4v) is 3.84. The van der Waals surface area contributed by atoms with Crippen molar-refractivity contribution < 1.29 is 4.92 Å². The Morgan fingerprint density at radius 1 is 1.00 bits per heavy atom. The number of nitro groups is 1. The van der Waals surface area contributed by atoms with Crippen molar-refractivity contribution in [2.45, 2.75) is 12.8 Å². The summed E-state index contributed by atoms with van der Waals surface area (Å²) in [6.07, 6.45) is 4.97. The molecule has 0 aliphatic heterocycles. The summed E-state index contributed by atoms with van der Waals surface area (Å²) < 4.78 is 0. The predicted octanol–water partition coefficient (Wildman–Crippen LogP) is 3.94. The Labute approximate surface area is 130 Å². The first-order valence-electron chi connectivity index (χ1n) is 7.50. The van der Waals surface area contributed by atoms with Crippen LogP contribution in [0.1, 0.15) is 11.1 Å². The fourth-order valence-electron chi connectivity index (χ4n) is 3.84. The molecule has 0 saturated heterocycles. The lowest BCUT2D eigenvalue weighted by molar-refractivity contribution is -0.383. The van der Waals surface area contributed by atoms with Gasteiger partial charge in [0.25, 0.3) is 5.69 Å². The van der Waals surface area contributed by atoms with Gasteiger partial charge in [-0.05, 0) is 48.1 Å². The van der Waals surface area contributed by atoms with Gasteiger partial charge in [0.1, 0.15) is 0 Å². The monoisotopic (exact) mass is 301 g/mol. The molecular formula is C18H11N3O2. The number of pyridine rings is 2. The number of rotatable bonds is 1. The van der Waals surface area contributed by atoms with Gasteiger partial charge in [0.15, 0.2) is 0 Å². The second kappa shape index (κ2) is 4.23. The Kier molecular flexibility index (Phi) is 2.29. The van der Waals surface area contributed by atoms with E-state index in [1.165, 1.54) is 0 Å². The van der Waals surface area contributed by atoms with Crippen LogP contribution in [0.15, 0.2) is 42.7 Å². The van der Waals surface area contributed by atoms with Crippen molar-refractivity contribution in [3.63, 3.8) is 0 Å². The Balaban J connectivity index is 2.19. The highest BCUT2D eigenvalue weighted by molar-refractivity contribution is 6.22. The van der Waals surface area contributed by atoms with E-state index < -0.39 is 0 Å². The minimum Gasteiger partial charge on any atom is -0.258 e. The summed E-state index contributed by atoms with van der Waals surface area (Å²) in [4.78, 5) is 20.4. The lowest BCUT2D eigenvalue weighted by atomic mass is 9.96. The molecule has 0 spiro atoms. The summed E-state index contributed by atoms with van der Waals surface area (Å²) in [7, 11) is 0. The minimum absolute atomic E-state index is 0.203. The molecule has 5 heteroatoms. The SMILES string of the molecule is O=[N+]([O-])c1c2c3c(cc4cccnc4c3c3ncccc13)CC2. The Morgan fingerprint density at radius 3 is 2.61 bits per heavy atom. The van der Waals surface area contributed by atoms with E-state index in [0.29, 0.717) is 17.3 Å². The second-order valence-electron chi connectivity index (χ2n) is 5.84. The van der Waals surface area contributed by atoms with Gasteiger partial charge in [0.2, 0.25) is 0 Å². The number of hydrogen-bond donors (Lipinski definition) is 0. The van der Waals surface area contributed by atoms with E-state index in [0.717, 1.165) is 39.2 Å². The molecule has 0 amide bonds. The lowest BCUT2D eigenvalue weighted by Gasteiger charge is -2.10. The van der Waals surface area contributed by atoms with Gasteiger partial charge in [-0.1, -0.05) is 6.07 Å². The number of aryl methyl sites for hydroxylation is 2. The maximum absolute atomic E-state index is 11.7. The summed E-state index contributed by atoms with van der Waals surface area (Å²) in [6.45, 7) is 0. The molecule has 23 heavy (non-hydrogen) atoms. The maximum Gasteiger partial charge on any atom is 0.282 e. The minimum atomic E-state index is -0.267. The van der Waals surface area contributed by atoms with Gasteiger partial charge in [0, 0.05) is 28.7 Å². The third-order valence-electron chi connectivity index (χ3n) is 4.69.